The van der Waals surface area contributed by atoms with Crippen LogP contribution in [-0.2, 0) is 14.3 Å². The largest absolute Gasteiger partial charge is 0.495 e. The number of anilines is 1. The molecule has 10 heteroatoms. The molecule has 2 aromatic rings. The van der Waals surface area contributed by atoms with E-state index in [-0.39, 0.29) is 17.1 Å². The molecule has 1 atom stereocenters. The first-order valence-corrected chi connectivity index (χ1v) is 9.03. The lowest BCUT2D eigenvalue weighted by atomic mass is 10.2. The van der Waals surface area contributed by atoms with E-state index in [0.717, 1.165) is 6.07 Å². The molecular weight excluding hydrogens is 408 g/mol. The molecular formula is C21H22N2O8. The Bertz CT molecular complexity index is 1000. The van der Waals surface area contributed by atoms with Crippen LogP contribution in [0.1, 0.15) is 12.5 Å². The van der Waals surface area contributed by atoms with Crippen LogP contribution in [0, 0.1) is 10.1 Å². The number of rotatable bonds is 9. The second-order valence-corrected chi connectivity index (χ2v) is 6.16. The highest BCUT2D eigenvalue weighted by Crippen LogP contribution is 2.29. The Morgan fingerprint density at radius 2 is 1.65 bits per heavy atom. The van der Waals surface area contributed by atoms with Gasteiger partial charge in [-0.25, -0.2) is 4.79 Å². The van der Waals surface area contributed by atoms with E-state index in [4.69, 9.17) is 18.9 Å². The van der Waals surface area contributed by atoms with Crippen LogP contribution in [0.2, 0.25) is 0 Å². The maximum Gasteiger partial charge on any atom is 0.331 e. The number of nitrogens with one attached hydrogen (secondary N) is 1. The van der Waals surface area contributed by atoms with Crippen molar-refractivity contribution in [3.05, 3.63) is 58.2 Å². The van der Waals surface area contributed by atoms with Crippen LogP contribution < -0.4 is 19.5 Å². The van der Waals surface area contributed by atoms with Gasteiger partial charge >= 0.3 is 5.97 Å². The van der Waals surface area contributed by atoms with Crippen LogP contribution in [0.15, 0.2) is 42.5 Å². The third-order valence-corrected chi connectivity index (χ3v) is 4.13. The third kappa shape index (κ3) is 6.20. The van der Waals surface area contributed by atoms with E-state index < -0.39 is 22.9 Å². The number of nitro benzene ring substituents is 1. The summed E-state index contributed by atoms with van der Waals surface area (Å²) in [4.78, 5) is 34.8. The van der Waals surface area contributed by atoms with E-state index in [9.17, 15) is 19.7 Å². The average Bonchev–Trinajstić information content (AvgIpc) is 2.77. The van der Waals surface area contributed by atoms with Crippen LogP contribution in [0.4, 0.5) is 11.4 Å². The minimum absolute atomic E-state index is 0.0884. The molecule has 0 spiro atoms. The number of ether oxygens (including phenoxy) is 4. The Labute approximate surface area is 178 Å². The summed E-state index contributed by atoms with van der Waals surface area (Å²) in [6.07, 6.45) is 1.50. The maximum atomic E-state index is 12.4. The Hall–Kier alpha value is -4.08. The lowest BCUT2D eigenvalue weighted by Gasteiger charge is -2.14. The summed E-state index contributed by atoms with van der Waals surface area (Å²) in [7, 11) is 4.37. The molecule has 0 radical (unpaired) electrons. The summed E-state index contributed by atoms with van der Waals surface area (Å²) in [5, 5.41) is 13.4. The van der Waals surface area contributed by atoms with Gasteiger partial charge in [-0.2, -0.15) is 0 Å². The predicted octanol–water partition coefficient (Wildman–Crippen LogP) is 3.20. The fourth-order valence-corrected chi connectivity index (χ4v) is 2.53. The van der Waals surface area contributed by atoms with E-state index in [1.54, 1.807) is 18.2 Å². The summed E-state index contributed by atoms with van der Waals surface area (Å²) >= 11 is 0. The van der Waals surface area contributed by atoms with Crippen molar-refractivity contribution in [2.45, 2.75) is 13.0 Å². The van der Waals surface area contributed by atoms with Gasteiger partial charge in [0.05, 0.1) is 31.9 Å². The highest BCUT2D eigenvalue weighted by Gasteiger charge is 2.20. The molecule has 164 valence electrons. The molecule has 0 aliphatic carbocycles. The molecule has 0 saturated carbocycles. The van der Waals surface area contributed by atoms with E-state index in [1.165, 1.54) is 52.5 Å². The van der Waals surface area contributed by atoms with Crippen LogP contribution in [0.3, 0.4) is 0 Å². The molecule has 0 aliphatic heterocycles. The fourth-order valence-electron chi connectivity index (χ4n) is 2.53. The summed E-state index contributed by atoms with van der Waals surface area (Å²) in [6, 6.07) is 8.84. The van der Waals surface area contributed by atoms with Crippen molar-refractivity contribution in [1.29, 1.82) is 0 Å². The molecule has 0 aromatic heterocycles. The number of hydrogen-bond donors (Lipinski definition) is 1. The molecule has 1 amide bonds. The van der Waals surface area contributed by atoms with Gasteiger partial charge < -0.3 is 24.3 Å². The fraction of sp³-hybridized carbons (Fsp3) is 0.238. The average molecular weight is 430 g/mol. The number of non-ortho nitro benzene ring substituents is 1. The van der Waals surface area contributed by atoms with Gasteiger partial charge in [-0.3, -0.25) is 14.9 Å². The Morgan fingerprint density at radius 1 is 1.00 bits per heavy atom. The molecule has 0 aliphatic rings. The predicted molar refractivity (Wildman–Crippen MR) is 112 cm³/mol. The molecule has 31 heavy (non-hydrogen) atoms. The van der Waals surface area contributed by atoms with Crippen LogP contribution >= 0.6 is 0 Å². The first-order chi connectivity index (χ1) is 14.8. The number of esters is 1. The van der Waals surface area contributed by atoms with Gasteiger partial charge in [0.15, 0.2) is 17.6 Å². The van der Waals surface area contributed by atoms with E-state index in [1.807, 2.05) is 0 Å². The van der Waals surface area contributed by atoms with Crippen molar-refractivity contribution in [2.75, 3.05) is 26.6 Å². The van der Waals surface area contributed by atoms with Crippen molar-refractivity contribution >= 4 is 29.3 Å². The molecule has 0 fully saturated rings. The number of methoxy groups -OCH3 is 3. The number of benzene rings is 2. The quantitative estimate of drug-likeness (QED) is 0.278. The zero-order valence-electron chi connectivity index (χ0n) is 17.4. The lowest BCUT2D eigenvalue weighted by molar-refractivity contribution is -0.384. The Kier molecular flexibility index (Phi) is 7.95. The van der Waals surface area contributed by atoms with E-state index >= 15 is 0 Å². The summed E-state index contributed by atoms with van der Waals surface area (Å²) < 4.78 is 20.5. The second-order valence-electron chi connectivity index (χ2n) is 6.16. The highest BCUT2D eigenvalue weighted by molar-refractivity contribution is 5.97. The minimum Gasteiger partial charge on any atom is -0.495 e. The monoisotopic (exact) mass is 430 g/mol. The van der Waals surface area contributed by atoms with E-state index in [0.29, 0.717) is 17.1 Å². The lowest BCUT2D eigenvalue weighted by Crippen LogP contribution is -2.29. The van der Waals surface area contributed by atoms with Crippen LogP contribution in [0.5, 0.6) is 17.2 Å². The zero-order valence-corrected chi connectivity index (χ0v) is 17.4. The van der Waals surface area contributed by atoms with Gasteiger partial charge in [0, 0.05) is 18.2 Å². The molecule has 0 heterocycles. The second kappa shape index (κ2) is 10.6. The molecule has 2 rings (SSSR count). The summed E-state index contributed by atoms with van der Waals surface area (Å²) in [5.41, 5.74) is 0.525. The zero-order chi connectivity index (χ0) is 23.0. The van der Waals surface area contributed by atoms with Gasteiger partial charge in [0.25, 0.3) is 11.6 Å². The highest BCUT2D eigenvalue weighted by atomic mass is 16.6. The first-order valence-electron chi connectivity index (χ1n) is 9.03. The van der Waals surface area contributed by atoms with E-state index in [2.05, 4.69) is 5.32 Å². The molecule has 10 nitrogen and oxygen atoms in total. The molecule has 2 aromatic carbocycles. The SMILES string of the molecule is COc1ccc([N+](=O)[O-])cc1NC(=O)[C@@H](C)OC(=O)/C=C/c1ccc(OC)c(OC)c1. The summed E-state index contributed by atoms with van der Waals surface area (Å²) in [6.45, 7) is 1.38. The van der Waals surface area contributed by atoms with Gasteiger partial charge in [-0.15, -0.1) is 0 Å². The topological polar surface area (TPSA) is 126 Å². The molecule has 1 N–H and O–H groups in total. The maximum absolute atomic E-state index is 12.4. The van der Waals surface area contributed by atoms with Crippen molar-refractivity contribution in [3.63, 3.8) is 0 Å². The minimum atomic E-state index is -1.16. The molecule has 0 saturated heterocycles. The van der Waals surface area contributed by atoms with Crippen LogP contribution in [-0.4, -0.2) is 44.2 Å². The van der Waals surface area contributed by atoms with Gasteiger partial charge in [0.1, 0.15) is 5.75 Å². The molecule has 0 unspecified atom stereocenters. The van der Waals surface area contributed by atoms with Gasteiger partial charge in [-0.05, 0) is 36.8 Å². The van der Waals surface area contributed by atoms with Gasteiger partial charge in [-0.1, -0.05) is 6.07 Å². The van der Waals surface area contributed by atoms with Crippen molar-refractivity contribution in [2.24, 2.45) is 0 Å². The number of hydrogen-bond acceptors (Lipinski definition) is 8. The first kappa shape index (κ1) is 23.2. The standard InChI is InChI=1S/C21H22N2O8/c1-13(21(25)22-16-12-15(23(26)27)7-9-17(16)28-2)31-20(24)10-6-14-5-8-18(29-3)19(11-14)30-4/h5-13H,1-4H3,(H,22,25)/b10-6+/t13-/m1/s1. The number of nitro groups is 1. The number of carbonyl (C=O) groups is 2. The van der Waals surface area contributed by atoms with Gasteiger partial charge in [0.2, 0.25) is 0 Å². The van der Waals surface area contributed by atoms with Crippen molar-refractivity contribution < 1.29 is 33.5 Å². The Morgan fingerprint density at radius 3 is 2.26 bits per heavy atom. The number of nitrogens with zero attached hydrogens (tertiary/aromatic N) is 1. The number of carbonyl (C=O) groups excluding carboxylic acids is 2. The number of amides is 1. The van der Waals surface area contributed by atoms with Crippen molar-refractivity contribution in [3.8, 4) is 17.2 Å². The van der Waals surface area contributed by atoms with Crippen molar-refractivity contribution in [1.82, 2.24) is 0 Å². The smallest absolute Gasteiger partial charge is 0.331 e. The Balaban J connectivity index is 2.03. The van der Waals surface area contributed by atoms with Crippen LogP contribution in [0.25, 0.3) is 6.08 Å². The molecule has 0 bridgehead atoms. The summed E-state index contributed by atoms with van der Waals surface area (Å²) in [5.74, 6) is -0.151. The third-order valence-electron chi connectivity index (χ3n) is 4.13. The normalized spacial score (nSPS) is 11.5.